The van der Waals surface area contributed by atoms with E-state index in [4.69, 9.17) is 28.9 Å². The van der Waals surface area contributed by atoms with E-state index in [9.17, 15) is 0 Å². The second-order valence-electron chi connectivity index (χ2n) is 4.59. The van der Waals surface area contributed by atoms with Gasteiger partial charge in [0.1, 0.15) is 17.3 Å². The SMILES string of the molecule is Cc1nc(-c2c(Cl)cccc2Cl)c(N)n1C1CC1. The zero-order valence-corrected chi connectivity index (χ0v) is 11.5. The van der Waals surface area contributed by atoms with E-state index in [0.29, 0.717) is 27.6 Å². The molecule has 0 unspecified atom stereocenters. The van der Waals surface area contributed by atoms with Gasteiger partial charge in [0.15, 0.2) is 0 Å². The van der Waals surface area contributed by atoms with Crippen molar-refractivity contribution in [2.75, 3.05) is 5.73 Å². The lowest BCUT2D eigenvalue weighted by molar-refractivity contribution is 0.720. The second-order valence-corrected chi connectivity index (χ2v) is 5.41. The minimum Gasteiger partial charge on any atom is -0.383 e. The van der Waals surface area contributed by atoms with Crippen molar-refractivity contribution in [2.24, 2.45) is 0 Å². The average molecular weight is 282 g/mol. The van der Waals surface area contributed by atoms with Crippen LogP contribution in [0.5, 0.6) is 0 Å². The standard InChI is InChI=1S/C13H13Cl2N3/c1-7-17-12(13(16)18(7)8-5-6-8)11-9(14)3-2-4-10(11)15/h2-4,8H,5-6,16H2,1H3. The summed E-state index contributed by atoms with van der Waals surface area (Å²) >= 11 is 12.4. The van der Waals surface area contributed by atoms with E-state index in [1.807, 2.05) is 13.0 Å². The van der Waals surface area contributed by atoms with E-state index in [-0.39, 0.29) is 0 Å². The number of rotatable bonds is 2. The van der Waals surface area contributed by atoms with Gasteiger partial charge in [0.25, 0.3) is 0 Å². The lowest BCUT2D eigenvalue weighted by Crippen LogP contribution is -2.02. The van der Waals surface area contributed by atoms with Gasteiger partial charge in [0, 0.05) is 11.6 Å². The monoisotopic (exact) mass is 281 g/mol. The summed E-state index contributed by atoms with van der Waals surface area (Å²) in [5.74, 6) is 1.57. The summed E-state index contributed by atoms with van der Waals surface area (Å²) in [6.07, 6.45) is 2.33. The molecule has 0 atom stereocenters. The first-order valence-electron chi connectivity index (χ1n) is 5.88. The first-order valence-corrected chi connectivity index (χ1v) is 6.64. The molecule has 0 saturated heterocycles. The van der Waals surface area contributed by atoms with Gasteiger partial charge in [-0.2, -0.15) is 0 Å². The third-order valence-electron chi connectivity index (χ3n) is 3.24. The van der Waals surface area contributed by atoms with Crippen LogP contribution >= 0.6 is 23.2 Å². The number of anilines is 1. The van der Waals surface area contributed by atoms with Gasteiger partial charge in [-0.1, -0.05) is 29.3 Å². The van der Waals surface area contributed by atoms with E-state index in [0.717, 1.165) is 24.2 Å². The predicted molar refractivity (Wildman–Crippen MR) is 75.1 cm³/mol. The molecule has 94 valence electrons. The molecule has 3 rings (SSSR count). The number of hydrogen-bond acceptors (Lipinski definition) is 2. The number of nitrogens with zero attached hydrogens (tertiary/aromatic N) is 2. The van der Waals surface area contributed by atoms with E-state index in [1.54, 1.807) is 12.1 Å². The molecule has 2 N–H and O–H groups in total. The Kier molecular flexibility index (Phi) is 2.76. The van der Waals surface area contributed by atoms with E-state index in [2.05, 4.69) is 9.55 Å². The summed E-state index contributed by atoms with van der Waals surface area (Å²) in [5, 5.41) is 1.16. The normalized spacial score (nSPS) is 15.1. The number of hydrogen-bond donors (Lipinski definition) is 1. The van der Waals surface area contributed by atoms with Crippen molar-refractivity contribution in [2.45, 2.75) is 25.8 Å². The molecule has 1 aliphatic carbocycles. The van der Waals surface area contributed by atoms with Crippen molar-refractivity contribution in [3.8, 4) is 11.3 Å². The number of nitrogen functional groups attached to an aromatic ring is 1. The molecule has 1 aromatic carbocycles. The zero-order chi connectivity index (χ0) is 12.9. The van der Waals surface area contributed by atoms with Crippen LogP contribution in [0.25, 0.3) is 11.3 Å². The minimum atomic E-state index is 0.493. The molecule has 1 aliphatic rings. The number of imidazole rings is 1. The molecule has 0 spiro atoms. The third kappa shape index (κ3) is 1.78. The second kappa shape index (κ2) is 4.18. The van der Waals surface area contributed by atoms with Crippen molar-refractivity contribution in [3.05, 3.63) is 34.1 Å². The molecule has 0 bridgehead atoms. The van der Waals surface area contributed by atoms with Gasteiger partial charge >= 0.3 is 0 Å². The highest BCUT2D eigenvalue weighted by Gasteiger charge is 2.29. The van der Waals surface area contributed by atoms with Crippen molar-refractivity contribution in [1.29, 1.82) is 0 Å². The maximum absolute atomic E-state index is 6.20. The summed E-state index contributed by atoms with van der Waals surface area (Å²) in [6, 6.07) is 5.91. The number of nitrogens with two attached hydrogens (primary N) is 1. The first-order chi connectivity index (χ1) is 8.59. The Morgan fingerprint density at radius 3 is 2.44 bits per heavy atom. The number of benzene rings is 1. The molecule has 18 heavy (non-hydrogen) atoms. The number of aromatic nitrogens is 2. The van der Waals surface area contributed by atoms with Gasteiger partial charge in [0.2, 0.25) is 0 Å². The van der Waals surface area contributed by atoms with Crippen LogP contribution in [-0.4, -0.2) is 9.55 Å². The van der Waals surface area contributed by atoms with Crippen LogP contribution in [0, 0.1) is 6.92 Å². The summed E-state index contributed by atoms with van der Waals surface area (Å²) in [7, 11) is 0. The lowest BCUT2D eigenvalue weighted by atomic mass is 10.1. The molecular formula is C13H13Cl2N3. The van der Waals surface area contributed by atoms with Crippen molar-refractivity contribution >= 4 is 29.0 Å². The molecule has 3 nitrogen and oxygen atoms in total. The Bertz CT molecular complexity index is 595. The largest absolute Gasteiger partial charge is 0.383 e. The fourth-order valence-electron chi connectivity index (χ4n) is 2.26. The molecule has 0 amide bonds. The number of halogens is 2. The summed E-state index contributed by atoms with van der Waals surface area (Å²) in [4.78, 5) is 4.53. The lowest BCUT2D eigenvalue weighted by Gasteiger charge is -2.07. The Labute approximate surface area is 116 Å². The van der Waals surface area contributed by atoms with Crippen molar-refractivity contribution in [3.63, 3.8) is 0 Å². The van der Waals surface area contributed by atoms with Crippen LogP contribution in [0.1, 0.15) is 24.7 Å². The van der Waals surface area contributed by atoms with E-state index in [1.165, 1.54) is 0 Å². The summed E-state index contributed by atoms with van der Waals surface area (Å²) in [6.45, 7) is 1.96. The quantitative estimate of drug-likeness (QED) is 0.901. The molecule has 1 heterocycles. The Morgan fingerprint density at radius 2 is 1.89 bits per heavy atom. The summed E-state index contributed by atoms with van der Waals surface area (Å²) in [5.41, 5.74) is 7.61. The summed E-state index contributed by atoms with van der Waals surface area (Å²) < 4.78 is 2.08. The Morgan fingerprint density at radius 1 is 1.28 bits per heavy atom. The smallest absolute Gasteiger partial charge is 0.132 e. The van der Waals surface area contributed by atoms with E-state index >= 15 is 0 Å². The molecule has 0 aliphatic heterocycles. The molecule has 1 aromatic heterocycles. The van der Waals surface area contributed by atoms with Crippen molar-refractivity contribution in [1.82, 2.24) is 9.55 Å². The average Bonchev–Trinajstić information content (AvgIpc) is 3.08. The molecule has 5 heteroatoms. The van der Waals surface area contributed by atoms with Gasteiger partial charge in [-0.3, -0.25) is 0 Å². The maximum Gasteiger partial charge on any atom is 0.132 e. The molecule has 1 fully saturated rings. The van der Waals surface area contributed by atoms with Gasteiger partial charge in [-0.25, -0.2) is 4.98 Å². The molecular weight excluding hydrogens is 269 g/mol. The zero-order valence-electron chi connectivity index (χ0n) is 9.95. The highest BCUT2D eigenvalue weighted by molar-refractivity contribution is 6.39. The predicted octanol–water partition coefficient (Wildman–Crippen LogP) is 4.08. The topological polar surface area (TPSA) is 43.8 Å². The Balaban J connectivity index is 2.20. The van der Waals surface area contributed by atoms with Crippen LogP contribution in [0.15, 0.2) is 18.2 Å². The van der Waals surface area contributed by atoms with Crippen LogP contribution in [0.2, 0.25) is 10.0 Å². The molecule has 1 saturated carbocycles. The van der Waals surface area contributed by atoms with E-state index < -0.39 is 0 Å². The van der Waals surface area contributed by atoms with Gasteiger partial charge < -0.3 is 10.3 Å². The first kappa shape index (κ1) is 11.9. The Hall–Kier alpha value is -1.19. The van der Waals surface area contributed by atoms with Gasteiger partial charge in [-0.15, -0.1) is 0 Å². The fraction of sp³-hybridized carbons (Fsp3) is 0.308. The van der Waals surface area contributed by atoms with Crippen LogP contribution < -0.4 is 5.73 Å². The third-order valence-corrected chi connectivity index (χ3v) is 3.87. The van der Waals surface area contributed by atoms with Crippen LogP contribution in [0.4, 0.5) is 5.82 Å². The van der Waals surface area contributed by atoms with Crippen LogP contribution in [-0.2, 0) is 0 Å². The van der Waals surface area contributed by atoms with Gasteiger partial charge in [-0.05, 0) is 31.9 Å². The van der Waals surface area contributed by atoms with Crippen molar-refractivity contribution < 1.29 is 0 Å². The number of aryl methyl sites for hydroxylation is 1. The minimum absolute atomic E-state index is 0.493. The van der Waals surface area contributed by atoms with Gasteiger partial charge in [0.05, 0.1) is 10.0 Å². The fourth-order valence-corrected chi connectivity index (χ4v) is 2.84. The highest BCUT2D eigenvalue weighted by Crippen LogP contribution is 2.43. The maximum atomic E-state index is 6.20. The molecule has 0 radical (unpaired) electrons. The highest BCUT2D eigenvalue weighted by atomic mass is 35.5. The van der Waals surface area contributed by atoms with Crippen LogP contribution in [0.3, 0.4) is 0 Å². The molecule has 2 aromatic rings.